The summed E-state index contributed by atoms with van der Waals surface area (Å²) in [6, 6.07) is 3.48. The van der Waals surface area contributed by atoms with Crippen molar-refractivity contribution in [2.24, 2.45) is 5.73 Å². The fourth-order valence-corrected chi connectivity index (χ4v) is 3.45. The third-order valence-electron chi connectivity index (χ3n) is 3.16. The van der Waals surface area contributed by atoms with E-state index in [-0.39, 0.29) is 12.1 Å². The zero-order chi connectivity index (χ0) is 14.0. The number of primary amides is 1. The summed E-state index contributed by atoms with van der Waals surface area (Å²) in [6.45, 7) is 1.30. The maximum Gasteiger partial charge on any atom is 0.314 e. The van der Waals surface area contributed by atoms with Crippen LogP contribution in [0.25, 0.3) is 0 Å². The molecule has 0 aliphatic carbocycles. The fourth-order valence-electron chi connectivity index (χ4n) is 2.13. The Morgan fingerprint density at radius 2 is 1.84 bits per heavy atom. The van der Waals surface area contributed by atoms with Crippen LogP contribution in [0.4, 0.5) is 10.5 Å². The number of amides is 2. The van der Waals surface area contributed by atoms with Gasteiger partial charge in [-0.3, -0.25) is 0 Å². The van der Waals surface area contributed by atoms with Crippen LogP contribution < -0.4 is 11.1 Å². The van der Waals surface area contributed by atoms with Gasteiger partial charge in [-0.1, -0.05) is 39.1 Å². The first-order valence-electron chi connectivity index (χ1n) is 5.93. The van der Waals surface area contributed by atoms with E-state index in [9.17, 15) is 4.79 Å². The second-order valence-electron chi connectivity index (χ2n) is 4.49. The van der Waals surface area contributed by atoms with E-state index in [1.54, 1.807) is 17.0 Å². The van der Waals surface area contributed by atoms with Gasteiger partial charge in [-0.15, -0.1) is 0 Å². The predicted octanol–water partition coefficient (Wildman–Crippen LogP) is 3.71. The molecule has 104 valence electrons. The van der Waals surface area contributed by atoms with Gasteiger partial charge in [0.15, 0.2) is 0 Å². The third-order valence-corrected chi connectivity index (χ3v) is 4.22. The van der Waals surface area contributed by atoms with Gasteiger partial charge < -0.3 is 16.0 Å². The molecule has 1 heterocycles. The number of piperidine rings is 1. The van der Waals surface area contributed by atoms with Gasteiger partial charge in [0.25, 0.3) is 0 Å². The van der Waals surface area contributed by atoms with Crippen LogP contribution in [0.2, 0.25) is 10.0 Å². The molecule has 1 aliphatic rings. The van der Waals surface area contributed by atoms with Crippen LogP contribution in [0.5, 0.6) is 0 Å². The van der Waals surface area contributed by atoms with E-state index in [2.05, 4.69) is 21.2 Å². The van der Waals surface area contributed by atoms with Gasteiger partial charge in [0, 0.05) is 23.6 Å². The number of urea groups is 1. The van der Waals surface area contributed by atoms with E-state index >= 15 is 0 Å². The number of hydrogen-bond donors (Lipinski definition) is 2. The molecule has 0 atom stereocenters. The van der Waals surface area contributed by atoms with E-state index < -0.39 is 0 Å². The smallest absolute Gasteiger partial charge is 0.314 e. The van der Waals surface area contributed by atoms with Crippen molar-refractivity contribution in [3.63, 3.8) is 0 Å². The standard InChI is InChI=1S/C12H14BrCl2N3O/c13-7-5-9(14)11(10(15)6-7)17-8-1-3-18(4-2-8)12(16)19/h5-6,8,17H,1-4H2,(H2,16,19). The molecule has 19 heavy (non-hydrogen) atoms. The number of halogens is 3. The summed E-state index contributed by atoms with van der Waals surface area (Å²) in [4.78, 5) is 12.7. The lowest BCUT2D eigenvalue weighted by Crippen LogP contribution is -2.44. The van der Waals surface area contributed by atoms with Crippen LogP contribution in [0.15, 0.2) is 16.6 Å². The molecule has 4 nitrogen and oxygen atoms in total. The van der Waals surface area contributed by atoms with Crippen molar-refractivity contribution < 1.29 is 4.79 Å². The van der Waals surface area contributed by atoms with Crippen LogP contribution >= 0.6 is 39.1 Å². The predicted molar refractivity (Wildman–Crippen MR) is 82.0 cm³/mol. The highest BCUT2D eigenvalue weighted by Crippen LogP contribution is 2.35. The topological polar surface area (TPSA) is 58.4 Å². The van der Waals surface area contributed by atoms with E-state index in [4.69, 9.17) is 28.9 Å². The summed E-state index contributed by atoms with van der Waals surface area (Å²) in [6.07, 6.45) is 1.65. The van der Waals surface area contributed by atoms with Crippen molar-refractivity contribution in [1.82, 2.24) is 4.90 Å². The molecule has 2 rings (SSSR count). The zero-order valence-electron chi connectivity index (χ0n) is 10.1. The molecule has 7 heteroatoms. The van der Waals surface area contributed by atoms with Crippen molar-refractivity contribution in [2.75, 3.05) is 18.4 Å². The van der Waals surface area contributed by atoms with Crippen molar-refractivity contribution >= 4 is 50.9 Å². The van der Waals surface area contributed by atoms with Gasteiger partial charge >= 0.3 is 6.03 Å². The van der Waals surface area contributed by atoms with Gasteiger partial charge in [0.2, 0.25) is 0 Å². The van der Waals surface area contributed by atoms with E-state index in [0.29, 0.717) is 23.1 Å². The Balaban J connectivity index is 2.02. The molecule has 1 saturated heterocycles. The van der Waals surface area contributed by atoms with Gasteiger partial charge in [-0.2, -0.15) is 0 Å². The van der Waals surface area contributed by atoms with Crippen LogP contribution in [-0.4, -0.2) is 30.1 Å². The number of nitrogens with zero attached hydrogens (tertiary/aromatic N) is 1. The van der Waals surface area contributed by atoms with Gasteiger partial charge in [-0.25, -0.2) is 4.79 Å². The second kappa shape index (κ2) is 6.20. The Bertz CT molecular complexity index is 467. The summed E-state index contributed by atoms with van der Waals surface area (Å²) in [5.41, 5.74) is 5.99. The Kier molecular flexibility index (Phi) is 4.81. The molecule has 1 aromatic carbocycles. The Morgan fingerprint density at radius 1 is 1.32 bits per heavy atom. The molecule has 0 spiro atoms. The number of carbonyl (C=O) groups is 1. The third kappa shape index (κ3) is 3.68. The summed E-state index contributed by atoms with van der Waals surface area (Å²) < 4.78 is 0.844. The molecule has 0 bridgehead atoms. The summed E-state index contributed by atoms with van der Waals surface area (Å²) in [5, 5.41) is 4.50. The first kappa shape index (κ1) is 14.8. The molecule has 0 aromatic heterocycles. The number of benzene rings is 1. The van der Waals surface area contributed by atoms with Gasteiger partial charge in [0.1, 0.15) is 0 Å². The van der Waals surface area contributed by atoms with Crippen molar-refractivity contribution in [2.45, 2.75) is 18.9 Å². The Hall–Kier alpha value is -0.650. The molecule has 0 radical (unpaired) electrons. The number of nitrogens with one attached hydrogen (secondary N) is 1. The Morgan fingerprint density at radius 3 is 2.32 bits per heavy atom. The minimum Gasteiger partial charge on any atom is -0.380 e. The number of rotatable bonds is 2. The molecule has 1 aromatic rings. The monoisotopic (exact) mass is 365 g/mol. The summed E-state index contributed by atoms with van der Waals surface area (Å²) in [5.74, 6) is 0. The number of nitrogens with two attached hydrogens (primary N) is 1. The number of anilines is 1. The lowest BCUT2D eigenvalue weighted by Gasteiger charge is -2.32. The van der Waals surface area contributed by atoms with Crippen molar-refractivity contribution in [3.8, 4) is 0 Å². The lowest BCUT2D eigenvalue weighted by molar-refractivity contribution is 0.193. The van der Waals surface area contributed by atoms with E-state index in [1.165, 1.54) is 0 Å². The molecule has 0 saturated carbocycles. The highest BCUT2D eigenvalue weighted by Gasteiger charge is 2.22. The number of carbonyl (C=O) groups excluding carboxylic acids is 1. The quantitative estimate of drug-likeness (QED) is 0.838. The average Bonchev–Trinajstić information content (AvgIpc) is 2.34. The number of hydrogen-bond acceptors (Lipinski definition) is 2. The summed E-state index contributed by atoms with van der Waals surface area (Å²) in [7, 11) is 0. The zero-order valence-corrected chi connectivity index (χ0v) is 13.2. The molecule has 1 fully saturated rings. The molecule has 3 N–H and O–H groups in total. The minimum absolute atomic E-state index is 0.242. The minimum atomic E-state index is -0.363. The largest absolute Gasteiger partial charge is 0.380 e. The molecular weight excluding hydrogens is 353 g/mol. The van der Waals surface area contributed by atoms with Crippen LogP contribution in [0.1, 0.15) is 12.8 Å². The Labute approximate surface area is 130 Å². The highest BCUT2D eigenvalue weighted by atomic mass is 79.9. The number of likely N-dealkylation sites (tertiary alicyclic amines) is 1. The normalized spacial score (nSPS) is 16.5. The molecule has 1 aliphatic heterocycles. The first-order chi connectivity index (χ1) is 8.97. The highest BCUT2D eigenvalue weighted by molar-refractivity contribution is 9.10. The average molecular weight is 367 g/mol. The molecular formula is C12H14BrCl2N3O. The molecule has 0 unspecified atom stereocenters. The fraction of sp³-hybridized carbons (Fsp3) is 0.417. The second-order valence-corrected chi connectivity index (χ2v) is 6.22. The van der Waals surface area contributed by atoms with Crippen LogP contribution in [-0.2, 0) is 0 Å². The first-order valence-corrected chi connectivity index (χ1v) is 7.47. The SMILES string of the molecule is NC(=O)N1CCC(Nc2c(Cl)cc(Br)cc2Cl)CC1. The van der Waals surface area contributed by atoms with E-state index in [1.807, 2.05) is 0 Å². The van der Waals surface area contributed by atoms with Crippen LogP contribution in [0, 0.1) is 0 Å². The van der Waals surface area contributed by atoms with Crippen molar-refractivity contribution in [1.29, 1.82) is 0 Å². The lowest BCUT2D eigenvalue weighted by atomic mass is 10.0. The van der Waals surface area contributed by atoms with Gasteiger partial charge in [-0.05, 0) is 25.0 Å². The van der Waals surface area contributed by atoms with E-state index in [0.717, 1.165) is 23.0 Å². The molecule has 2 amide bonds. The maximum absolute atomic E-state index is 11.0. The van der Waals surface area contributed by atoms with Crippen LogP contribution in [0.3, 0.4) is 0 Å². The summed E-state index contributed by atoms with van der Waals surface area (Å²) >= 11 is 15.7. The maximum atomic E-state index is 11.0. The van der Waals surface area contributed by atoms with Gasteiger partial charge in [0.05, 0.1) is 15.7 Å². The van der Waals surface area contributed by atoms with Crippen molar-refractivity contribution in [3.05, 3.63) is 26.7 Å².